The molecule has 4 rings (SSSR count). The van der Waals surface area contributed by atoms with E-state index in [1.807, 2.05) is 42.5 Å². The van der Waals surface area contributed by atoms with Crippen LogP contribution in [0.3, 0.4) is 0 Å². The summed E-state index contributed by atoms with van der Waals surface area (Å²) in [5.74, 6) is 3.00. The quantitative estimate of drug-likeness (QED) is 0.485. The second-order valence-electron chi connectivity index (χ2n) is 6.85. The summed E-state index contributed by atoms with van der Waals surface area (Å²) < 4.78 is 27.7. The number of hydrogen-bond donors (Lipinski definition) is 1. The summed E-state index contributed by atoms with van der Waals surface area (Å²) in [6.45, 7) is 0.774. The van der Waals surface area contributed by atoms with Crippen molar-refractivity contribution in [1.82, 2.24) is 15.5 Å². The van der Waals surface area contributed by atoms with Crippen LogP contribution in [0.1, 0.15) is 17.6 Å². The second kappa shape index (κ2) is 10.3. The molecule has 2 heterocycles. The Hall–Kier alpha value is -3.40. The third kappa shape index (κ3) is 5.25. The number of methoxy groups -OCH3 is 2. The van der Waals surface area contributed by atoms with E-state index in [2.05, 4.69) is 15.5 Å². The molecule has 1 aliphatic rings. The Morgan fingerprint density at radius 2 is 1.94 bits per heavy atom. The van der Waals surface area contributed by atoms with E-state index >= 15 is 0 Å². The van der Waals surface area contributed by atoms with E-state index in [0.717, 1.165) is 5.56 Å². The van der Waals surface area contributed by atoms with E-state index < -0.39 is 6.10 Å². The van der Waals surface area contributed by atoms with Crippen LogP contribution in [0.2, 0.25) is 0 Å². The Kier molecular flexibility index (Phi) is 7.00. The summed E-state index contributed by atoms with van der Waals surface area (Å²) in [7, 11) is 3.19. The first kappa shape index (κ1) is 21.8. The lowest BCUT2D eigenvalue weighted by molar-refractivity contribution is -0.118. The molecule has 0 radical (unpaired) electrons. The number of fused-ring (bicyclic) bond motifs is 1. The molecule has 2 aromatic carbocycles. The van der Waals surface area contributed by atoms with Crippen LogP contribution in [-0.4, -0.2) is 49.2 Å². The summed E-state index contributed by atoms with van der Waals surface area (Å²) in [5, 5.41) is 11.2. The molecule has 0 saturated carbocycles. The van der Waals surface area contributed by atoms with Crippen molar-refractivity contribution < 1.29 is 28.2 Å². The van der Waals surface area contributed by atoms with Crippen molar-refractivity contribution in [3.05, 3.63) is 53.9 Å². The van der Waals surface area contributed by atoms with Gasteiger partial charge in [-0.15, -0.1) is 10.2 Å². The van der Waals surface area contributed by atoms with Crippen molar-refractivity contribution in [2.24, 2.45) is 0 Å². The number of carbonyl (C=O) groups is 1. The van der Waals surface area contributed by atoms with E-state index in [4.69, 9.17) is 23.4 Å². The van der Waals surface area contributed by atoms with E-state index in [9.17, 15) is 4.79 Å². The number of benzene rings is 2. The smallest absolute Gasteiger partial charge is 0.277 e. The van der Waals surface area contributed by atoms with Crippen molar-refractivity contribution in [1.29, 1.82) is 0 Å². The minimum atomic E-state index is -0.484. The largest absolute Gasteiger partial charge is 0.493 e. The summed E-state index contributed by atoms with van der Waals surface area (Å²) in [6, 6.07) is 13.1. The minimum absolute atomic E-state index is 0.124. The minimum Gasteiger partial charge on any atom is -0.493 e. The highest BCUT2D eigenvalue weighted by Crippen LogP contribution is 2.36. The zero-order chi connectivity index (χ0) is 22.3. The summed E-state index contributed by atoms with van der Waals surface area (Å²) in [5.41, 5.74) is 1.04. The van der Waals surface area contributed by atoms with Gasteiger partial charge in [-0.25, -0.2) is 0 Å². The van der Waals surface area contributed by atoms with Gasteiger partial charge in [-0.05, 0) is 36.2 Å². The average Bonchev–Trinajstić information content (AvgIpc) is 3.31. The van der Waals surface area contributed by atoms with Gasteiger partial charge in [0.25, 0.3) is 11.1 Å². The molecule has 1 amide bonds. The summed E-state index contributed by atoms with van der Waals surface area (Å²) >= 11 is 1.17. The summed E-state index contributed by atoms with van der Waals surface area (Å²) in [4.78, 5) is 12.2. The molecule has 3 aromatic rings. The van der Waals surface area contributed by atoms with Crippen molar-refractivity contribution in [2.75, 3.05) is 33.1 Å². The average molecular weight is 458 g/mol. The topological polar surface area (TPSA) is 105 Å². The number of para-hydroxylation sites is 2. The fourth-order valence-corrected chi connectivity index (χ4v) is 3.71. The van der Waals surface area contributed by atoms with Gasteiger partial charge in [-0.1, -0.05) is 30.0 Å². The van der Waals surface area contributed by atoms with Gasteiger partial charge in [0.05, 0.1) is 20.0 Å². The number of carbonyl (C=O) groups excluding carboxylic acids is 1. The van der Waals surface area contributed by atoms with Crippen molar-refractivity contribution in [3.63, 3.8) is 0 Å². The lowest BCUT2D eigenvalue weighted by Gasteiger charge is -2.23. The van der Waals surface area contributed by atoms with Gasteiger partial charge in [0.15, 0.2) is 23.0 Å². The Balaban J connectivity index is 1.22. The highest BCUT2D eigenvalue weighted by molar-refractivity contribution is 7.99. The molecule has 9 nitrogen and oxygen atoms in total. The summed E-state index contributed by atoms with van der Waals surface area (Å²) in [6.07, 6.45) is 0.184. The Morgan fingerprint density at radius 3 is 2.75 bits per heavy atom. The molecule has 1 aliphatic heterocycles. The van der Waals surface area contributed by atoms with Crippen molar-refractivity contribution in [2.45, 2.75) is 17.7 Å². The van der Waals surface area contributed by atoms with E-state index in [1.54, 1.807) is 14.2 Å². The fraction of sp³-hybridized carbons (Fsp3) is 0.318. The van der Waals surface area contributed by atoms with E-state index in [0.29, 0.717) is 47.1 Å². The zero-order valence-electron chi connectivity index (χ0n) is 17.7. The van der Waals surface area contributed by atoms with Crippen LogP contribution in [0.4, 0.5) is 0 Å². The van der Waals surface area contributed by atoms with Gasteiger partial charge in [0, 0.05) is 6.54 Å². The predicted octanol–water partition coefficient (Wildman–Crippen LogP) is 3.05. The third-order valence-corrected chi connectivity index (χ3v) is 5.54. The van der Waals surface area contributed by atoms with Gasteiger partial charge >= 0.3 is 0 Å². The van der Waals surface area contributed by atoms with Gasteiger partial charge in [0.1, 0.15) is 6.61 Å². The van der Waals surface area contributed by atoms with Gasteiger partial charge in [0.2, 0.25) is 12.0 Å². The molecule has 1 atom stereocenters. The fourth-order valence-electron chi connectivity index (χ4n) is 3.11. The first-order chi connectivity index (χ1) is 15.7. The number of nitrogens with zero attached hydrogens (tertiary/aromatic N) is 2. The van der Waals surface area contributed by atoms with Crippen LogP contribution in [0.25, 0.3) is 0 Å². The molecule has 0 fully saturated rings. The second-order valence-corrected chi connectivity index (χ2v) is 7.77. The van der Waals surface area contributed by atoms with E-state index in [-0.39, 0.29) is 18.3 Å². The first-order valence-electron chi connectivity index (χ1n) is 9.98. The Bertz CT molecular complexity index is 1070. The maximum absolute atomic E-state index is 12.2. The number of hydrogen-bond acceptors (Lipinski definition) is 9. The number of aromatic nitrogens is 2. The zero-order valence-corrected chi connectivity index (χ0v) is 18.5. The standard InChI is InChI=1S/C22H23N3O6S/c1-27-15-8-7-14(11-18(15)28-2)9-10-23-20(26)13-32-22-25-24-21(31-22)19-12-29-16-5-3-4-6-17(16)30-19/h3-8,11,19H,9-10,12-13H2,1-2H3,(H,23,26). The molecule has 0 spiro atoms. The van der Waals surface area contributed by atoms with Gasteiger partial charge < -0.3 is 28.7 Å². The molecular weight excluding hydrogens is 434 g/mol. The van der Waals surface area contributed by atoms with Crippen LogP contribution in [0.5, 0.6) is 23.0 Å². The molecule has 32 heavy (non-hydrogen) atoms. The lowest BCUT2D eigenvalue weighted by atomic mass is 10.1. The highest BCUT2D eigenvalue weighted by Gasteiger charge is 2.27. The number of ether oxygens (including phenoxy) is 4. The maximum Gasteiger partial charge on any atom is 0.277 e. The Morgan fingerprint density at radius 1 is 1.12 bits per heavy atom. The molecule has 0 aliphatic carbocycles. The molecule has 1 unspecified atom stereocenters. The van der Waals surface area contributed by atoms with Crippen LogP contribution in [-0.2, 0) is 11.2 Å². The SMILES string of the molecule is COc1ccc(CCNC(=O)CSc2nnc(C3COc4ccccc4O3)o2)cc1OC. The van der Waals surface area contributed by atoms with Crippen LogP contribution >= 0.6 is 11.8 Å². The van der Waals surface area contributed by atoms with E-state index in [1.165, 1.54) is 11.8 Å². The first-order valence-corrected chi connectivity index (χ1v) is 11.0. The molecule has 1 N–H and O–H groups in total. The monoisotopic (exact) mass is 457 g/mol. The van der Waals surface area contributed by atoms with Crippen molar-refractivity contribution >= 4 is 17.7 Å². The molecule has 1 aromatic heterocycles. The van der Waals surface area contributed by atoms with Crippen LogP contribution in [0, 0.1) is 0 Å². The normalized spacial score (nSPS) is 14.6. The molecule has 0 saturated heterocycles. The number of thioether (sulfide) groups is 1. The molecule has 0 bridgehead atoms. The van der Waals surface area contributed by atoms with Gasteiger partial charge in [-0.2, -0.15) is 0 Å². The van der Waals surface area contributed by atoms with Crippen LogP contribution < -0.4 is 24.3 Å². The number of rotatable bonds is 9. The highest BCUT2D eigenvalue weighted by atomic mass is 32.2. The number of amides is 1. The lowest BCUT2D eigenvalue weighted by Crippen LogP contribution is -2.27. The van der Waals surface area contributed by atoms with Crippen molar-refractivity contribution in [3.8, 4) is 23.0 Å². The number of nitrogens with one attached hydrogen (secondary N) is 1. The van der Waals surface area contributed by atoms with Crippen LogP contribution in [0.15, 0.2) is 52.1 Å². The maximum atomic E-state index is 12.2. The molecular formula is C22H23N3O6S. The molecule has 168 valence electrons. The predicted molar refractivity (Wildman–Crippen MR) is 117 cm³/mol. The molecule has 10 heteroatoms. The third-order valence-electron chi connectivity index (χ3n) is 4.72. The Labute approximate surface area is 189 Å². The van der Waals surface area contributed by atoms with Gasteiger partial charge in [-0.3, -0.25) is 4.79 Å².